The van der Waals surface area contributed by atoms with Crippen molar-refractivity contribution in [2.75, 3.05) is 6.54 Å². The van der Waals surface area contributed by atoms with E-state index >= 15 is 0 Å². The lowest BCUT2D eigenvalue weighted by molar-refractivity contribution is -0.136. The van der Waals surface area contributed by atoms with Crippen molar-refractivity contribution in [3.05, 3.63) is 76.7 Å². The number of aryl methyl sites for hydroxylation is 1. The number of carbonyl (C=O) groups excluding carboxylic acids is 3. The molecule has 0 saturated heterocycles. The highest BCUT2D eigenvalue weighted by Gasteiger charge is 2.49. The van der Waals surface area contributed by atoms with E-state index in [1.54, 1.807) is 5.48 Å². The van der Waals surface area contributed by atoms with Gasteiger partial charge in [-0.1, -0.05) is 55.3 Å². The molecule has 0 fully saturated rings. The predicted octanol–water partition coefficient (Wildman–Crippen LogP) is 4.43. The molecule has 8 heteroatoms. The Morgan fingerprint density at radius 3 is 2.58 bits per heavy atom. The van der Waals surface area contributed by atoms with Gasteiger partial charge in [0, 0.05) is 46.7 Å². The standard InChI is InChI=1S/C30H34N4O4/c1-18-24(20-12-7-8-14-22(20)31-18)26-27(25-19(2)32-30(3)16-10-9-13-21(25)30)29(37)34(28(26)36)17-11-5-4-6-15-23(35)33-38/h7-10,12-14,16,21,31-32,38H,4-6,11,15,17H2,1-3H3,(H,33,35). The van der Waals surface area contributed by atoms with Crippen molar-refractivity contribution < 1.29 is 19.6 Å². The van der Waals surface area contributed by atoms with Crippen LogP contribution < -0.4 is 10.8 Å². The van der Waals surface area contributed by atoms with Crippen LogP contribution in [0.15, 0.2) is 65.4 Å². The second kappa shape index (κ2) is 10.1. The molecule has 1 aliphatic carbocycles. The summed E-state index contributed by atoms with van der Waals surface area (Å²) >= 11 is 0. The molecule has 2 aliphatic heterocycles. The van der Waals surface area contributed by atoms with Crippen LogP contribution in [0.1, 0.15) is 57.2 Å². The van der Waals surface area contributed by atoms with Crippen LogP contribution in [-0.2, 0) is 14.4 Å². The third-order valence-corrected chi connectivity index (χ3v) is 7.92. The first-order valence-electron chi connectivity index (χ1n) is 13.2. The number of unbranched alkanes of at least 4 members (excludes halogenated alkanes) is 3. The number of hydrogen-bond donors (Lipinski definition) is 4. The molecule has 2 aromatic rings. The quantitative estimate of drug-likeness (QED) is 0.171. The number of rotatable bonds is 9. The predicted molar refractivity (Wildman–Crippen MR) is 146 cm³/mol. The molecule has 0 radical (unpaired) electrons. The molecule has 2 unspecified atom stereocenters. The lowest BCUT2D eigenvalue weighted by Crippen LogP contribution is -2.41. The van der Waals surface area contributed by atoms with Gasteiger partial charge in [-0.25, -0.2) is 5.48 Å². The second-order valence-corrected chi connectivity index (χ2v) is 10.5. The van der Waals surface area contributed by atoms with E-state index in [4.69, 9.17) is 5.21 Å². The first kappa shape index (κ1) is 25.7. The zero-order valence-corrected chi connectivity index (χ0v) is 22.1. The first-order valence-corrected chi connectivity index (χ1v) is 13.2. The number of nitrogens with zero attached hydrogens (tertiary/aromatic N) is 1. The first-order chi connectivity index (χ1) is 18.3. The normalized spacial score (nSPS) is 22.6. The van der Waals surface area contributed by atoms with Gasteiger partial charge in [-0.2, -0.15) is 0 Å². The summed E-state index contributed by atoms with van der Waals surface area (Å²) in [5, 5.41) is 13.1. The smallest absolute Gasteiger partial charge is 0.262 e. The molecule has 3 aliphatic rings. The molecule has 3 heterocycles. The number of imide groups is 1. The molecular weight excluding hydrogens is 480 g/mol. The molecule has 5 rings (SSSR count). The van der Waals surface area contributed by atoms with Gasteiger partial charge in [0.15, 0.2) is 0 Å². The van der Waals surface area contributed by atoms with Gasteiger partial charge in [-0.05, 0) is 45.3 Å². The molecule has 0 spiro atoms. The number of allylic oxidation sites excluding steroid dienone is 3. The van der Waals surface area contributed by atoms with Gasteiger partial charge in [0.05, 0.1) is 16.7 Å². The Kier molecular flexibility index (Phi) is 6.84. The minimum Gasteiger partial charge on any atom is -0.379 e. The molecule has 38 heavy (non-hydrogen) atoms. The lowest BCUT2D eigenvalue weighted by Gasteiger charge is -2.31. The highest BCUT2D eigenvalue weighted by atomic mass is 16.5. The SMILES string of the molecule is CC1=C(C2=C(c3c(C)[nH]c4ccccc34)C(=O)N(CCCCCCC(=O)NO)C2=O)C2C=CC=CC2(C)N1. The van der Waals surface area contributed by atoms with Crippen molar-refractivity contribution in [2.45, 2.75) is 58.4 Å². The largest absolute Gasteiger partial charge is 0.379 e. The summed E-state index contributed by atoms with van der Waals surface area (Å²) < 4.78 is 0. The Hall–Kier alpha value is -3.91. The molecule has 3 amide bonds. The second-order valence-electron chi connectivity index (χ2n) is 10.5. The van der Waals surface area contributed by atoms with Crippen LogP contribution in [0.25, 0.3) is 16.5 Å². The monoisotopic (exact) mass is 514 g/mol. The van der Waals surface area contributed by atoms with Crippen molar-refractivity contribution in [3.63, 3.8) is 0 Å². The van der Waals surface area contributed by atoms with Gasteiger partial charge >= 0.3 is 0 Å². The van der Waals surface area contributed by atoms with E-state index in [2.05, 4.69) is 29.4 Å². The lowest BCUT2D eigenvalue weighted by atomic mass is 9.77. The summed E-state index contributed by atoms with van der Waals surface area (Å²) in [4.78, 5) is 44.2. The number of aromatic nitrogens is 1. The highest BCUT2D eigenvalue weighted by molar-refractivity contribution is 6.39. The van der Waals surface area contributed by atoms with E-state index < -0.39 is 5.91 Å². The number of H-pyrrole nitrogens is 1. The summed E-state index contributed by atoms with van der Waals surface area (Å²) in [5.74, 6) is -0.994. The zero-order valence-electron chi connectivity index (χ0n) is 22.1. The maximum Gasteiger partial charge on any atom is 0.262 e. The van der Waals surface area contributed by atoms with Crippen LogP contribution in [0, 0.1) is 12.8 Å². The molecule has 0 bridgehead atoms. The van der Waals surface area contributed by atoms with Crippen molar-refractivity contribution >= 4 is 34.2 Å². The summed E-state index contributed by atoms with van der Waals surface area (Å²) in [7, 11) is 0. The van der Waals surface area contributed by atoms with Crippen LogP contribution in [-0.4, -0.2) is 44.9 Å². The Labute approximate surface area is 222 Å². The Morgan fingerprint density at radius 2 is 1.79 bits per heavy atom. The maximum atomic E-state index is 14.1. The van der Waals surface area contributed by atoms with Crippen LogP contribution in [0.4, 0.5) is 0 Å². The molecule has 0 saturated carbocycles. The van der Waals surface area contributed by atoms with Crippen LogP contribution in [0.5, 0.6) is 0 Å². The number of carbonyl (C=O) groups is 3. The van der Waals surface area contributed by atoms with Crippen LogP contribution in [0.3, 0.4) is 0 Å². The topological polar surface area (TPSA) is 115 Å². The maximum absolute atomic E-state index is 14.1. The Balaban J connectivity index is 1.51. The number of benzene rings is 1. The van der Waals surface area contributed by atoms with Crippen molar-refractivity contribution in [3.8, 4) is 0 Å². The van der Waals surface area contributed by atoms with Gasteiger partial charge in [0.25, 0.3) is 11.8 Å². The number of para-hydroxylation sites is 1. The summed E-state index contributed by atoms with van der Waals surface area (Å²) in [6, 6.07) is 7.87. The number of hydroxylamine groups is 1. The van der Waals surface area contributed by atoms with Gasteiger partial charge in [0.2, 0.25) is 5.91 Å². The Bertz CT molecular complexity index is 1440. The fourth-order valence-electron chi connectivity index (χ4n) is 6.12. The number of nitrogens with one attached hydrogen (secondary N) is 3. The van der Waals surface area contributed by atoms with Gasteiger partial charge in [-0.3, -0.25) is 24.5 Å². The molecule has 4 N–H and O–H groups in total. The Morgan fingerprint density at radius 1 is 1.05 bits per heavy atom. The molecule has 1 aromatic heterocycles. The van der Waals surface area contributed by atoms with Crippen molar-refractivity contribution in [1.29, 1.82) is 0 Å². The zero-order chi connectivity index (χ0) is 27.0. The third kappa shape index (κ3) is 4.28. The van der Waals surface area contributed by atoms with Crippen LogP contribution in [0.2, 0.25) is 0 Å². The van der Waals surface area contributed by atoms with Crippen LogP contribution >= 0.6 is 0 Å². The van der Waals surface area contributed by atoms with E-state index in [0.29, 0.717) is 30.5 Å². The minimum atomic E-state index is -0.407. The van der Waals surface area contributed by atoms with Gasteiger partial charge in [-0.15, -0.1) is 0 Å². The molecule has 1 aromatic carbocycles. The van der Waals surface area contributed by atoms with E-state index in [1.807, 2.05) is 50.3 Å². The minimum absolute atomic E-state index is 0.0719. The van der Waals surface area contributed by atoms with E-state index in [9.17, 15) is 14.4 Å². The molecule has 2 atom stereocenters. The number of amides is 3. The van der Waals surface area contributed by atoms with Gasteiger partial charge in [0.1, 0.15) is 0 Å². The third-order valence-electron chi connectivity index (χ3n) is 7.92. The molecular formula is C30H34N4O4. The highest BCUT2D eigenvalue weighted by Crippen LogP contribution is 2.47. The number of aromatic amines is 1. The fourth-order valence-corrected chi connectivity index (χ4v) is 6.12. The molecule has 198 valence electrons. The summed E-state index contributed by atoms with van der Waals surface area (Å²) in [5.41, 5.74) is 6.59. The van der Waals surface area contributed by atoms with E-state index in [1.165, 1.54) is 4.90 Å². The average Bonchev–Trinajstić information content (AvgIpc) is 3.45. The van der Waals surface area contributed by atoms with Crippen molar-refractivity contribution in [2.24, 2.45) is 5.92 Å². The van der Waals surface area contributed by atoms with E-state index in [-0.39, 0.29) is 29.7 Å². The van der Waals surface area contributed by atoms with E-state index in [0.717, 1.165) is 46.3 Å². The van der Waals surface area contributed by atoms with Crippen molar-refractivity contribution in [1.82, 2.24) is 20.7 Å². The number of fused-ring (bicyclic) bond motifs is 2. The van der Waals surface area contributed by atoms with Gasteiger partial charge < -0.3 is 10.3 Å². The average molecular weight is 515 g/mol. The number of hydrogen-bond acceptors (Lipinski definition) is 5. The summed E-state index contributed by atoms with van der Waals surface area (Å²) in [6.07, 6.45) is 11.3. The molecule has 8 nitrogen and oxygen atoms in total. The summed E-state index contributed by atoms with van der Waals surface area (Å²) in [6.45, 7) is 6.36. The fraction of sp³-hybridized carbons (Fsp3) is 0.367.